The minimum absolute atomic E-state index is 0.0705. The van der Waals surface area contributed by atoms with Crippen LogP contribution in [0.2, 0.25) is 0 Å². The van der Waals surface area contributed by atoms with Gasteiger partial charge >= 0.3 is 6.03 Å². The Morgan fingerprint density at radius 3 is 2.56 bits per heavy atom. The maximum atomic E-state index is 12.6. The number of carbonyl (C=O) groups excluding carboxylic acids is 1. The molecule has 3 N–H and O–H groups in total. The molecule has 2 amide bonds. The highest BCUT2D eigenvalue weighted by Crippen LogP contribution is 2.33. The number of rotatable bonds is 5. The number of nitrogens with one attached hydrogen (secondary N) is 3. The Bertz CT molecular complexity index is 1400. The molecule has 4 rings (SSSR count). The quantitative estimate of drug-likeness (QED) is 0.426. The highest BCUT2D eigenvalue weighted by atomic mass is 32.2. The lowest BCUT2D eigenvalue weighted by Crippen LogP contribution is -2.32. The van der Waals surface area contributed by atoms with Crippen molar-refractivity contribution in [1.82, 2.24) is 25.5 Å². The van der Waals surface area contributed by atoms with E-state index in [1.807, 2.05) is 50.2 Å². The Kier molecular flexibility index (Phi) is 5.62. The van der Waals surface area contributed by atoms with Crippen molar-refractivity contribution in [3.05, 3.63) is 66.1 Å². The molecule has 1 unspecified atom stereocenters. The number of urea groups is 1. The number of sulfone groups is 1. The van der Waals surface area contributed by atoms with Crippen molar-refractivity contribution in [2.75, 3.05) is 11.6 Å². The Balaban J connectivity index is 1.70. The fourth-order valence-electron chi connectivity index (χ4n) is 3.48. The highest BCUT2D eigenvalue weighted by molar-refractivity contribution is 7.91. The largest absolute Gasteiger partial charge is 0.331 e. The van der Waals surface area contributed by atoms with Crippen LogP contribution in [-0.4, -0.2) is 40.9 Å². The van der Waals surface area contributed by atoms with Gasteiger partial charge in [-0.3, -0.25) is 15.4 Å². The van der Waals surface area contributed by atoms with Crippen LogP contribution in [0.25, 0.3) is 22.2 Å². The summed E-state index contributed by atoms with van der Waals surface area (Å²) in [7, 11) is -3.75. The van der Waals surface area contributed by atoms with E-state index in [2.05, 4.69) is 30.8 Å². The molecule has 1 atom stereocenters. The van der Waals surface area contributed by atoms with Gasteiger partial charge in [0, 0.05) is 35.3 Å². The molecule has 10 heteroatoms. The van der Waals surface area contributed by atoms with Gasteiger partial charge in [-0.25, -0.2) is 18.2 Å². The number of aromatic nitrogens is 4. The van der Waals surface area contributed by atoms with Gasteiger partial charge in [0.1, 0.15) is 10.6 Å². The number of pyridine rings is 2. The van der Waals surface area contributed by atoms with Crippen molar-refractivity contribution in [1.29, 1.82) is 0 Å². The van der Waals surface area contributed by atoms with Gasteiger partial charge in [0.15, 0.2) is 15.7 Å². The average Bonchev–Trinajstić information content (AvgIpc) is 3.17. The molecule has 3 aromatic heterocycles. The smallest absolute Gasteiger partial charge is 0.320 e. The van der Waals surface area contributed by atoms with E-state index in [0.717, 1.165) is 23.1 Å². The van der Waals surface area contributed by atoms with E-state index in [1.165, 1.54) is 6.20 Å². The van der Waals surface area contributed by atoms with E-state index in [4.69, 9.17) is 0 Å². The number of hydrogen-bond acceptors (Lipinski definition) is 6. The van der Waals surface area contributed by atoms with Crippen LogP contribution in [0.1, 0.15) is 24.2 Å². The zero-order valence-electron chi connectivity index (χ0n) is 17.7. The summed E-state index contributed by atoms with van der Waals surface area (Å²) in [6.07, 6.45) is 4.22. The zero-order valence-corrected chi connectivity index (χ0v) is 18.6. The Hall–Kier alpha value is -3.79. The second-order valence-electron chi connectivity index (χ2n) is 7.49. The van der Waals surface area contributed by atoms with Crippen LogP contribution < -0.4 is 10.6 Å². The van der Waals surface area contributed by atoms with Crippen LogP contribution in [0.4, 0.5) is 10.6 Å². The Morgan fingerprint density at radius 1 is 1.12 bits per heavy atom. The normalized spacial score (nSPS) is 12.5. The number of aryl methyl sites for hydroxylation is 1. The number of carbonyl (C=O) groups is 1. The van der Waals surface area contributed by atoms with Crippen LogP contribution in [0.15, 0.2) is 59.8 Å². The SMILES string of the molecule is Cc1cc(-c2n[nH]c3c(S(C)(=O)=O)c(NC(=O)NC(C)c4ccccc4)ncc23)ccn1. The van der Waals surface area contributed by atoms with Gasteiger partial charge in [-0.2, -0.15) is 5.10 Å². The summed E-state index contributed by atoms with van der Waals surface area (Å²) in [6, 6.07) is 12.2. The van der Waals surface area contributed by atoms with Gasteiger partial charge in [0.25, 0.3) is 0 Å². The lowest BCUT2D eigenvalue weighted by molar-refractivity contribution is 0.249. The number of H-pyrrole nitrogens is 1. The van der Waals surface area contributed by atoms with Gasteiger partial charge in [-0.1, -0.05) is 30.3 Å². The minimum atomic E-state index is -3.75. The first kappa shape index (κ1) is 21.4. The molecule has 32 heavy (non-hydrogen) atoms. The third-order valence-electron chi connectivity index (χ3n) is 4.99. The number of anilines is 1. The van der Waals surface area contributed by atoms with E-state index < -0.39 is 15.9 Å². The van der Waals surface area contributed by atoms with Gasteiger partial charge in [-0.15, -0.1) is 0 Å². The third kappa shape index (κ3) is 4.30. The molecular formula is C22H22N6O3S. The summed E-state index contributed by atoms with van der Waals surface area (Å²) in [5.41, 5.74) is 3.33. The number of benzene rings is 1. The maximum Gasteiger partial charge on any atom is 0.320 e. The summed E-state index contributed by atoms with van der Waals surface area (Å²) >= 11 is 0. The Labute approximate surface area is 185 Å². The standard InChI is InChI=1S/C22H22N6O3S/c1-13-11-16(9-10-23-13)18-17-12-24-21(20(32(3,30)31)19(17)28-27-18)26-22(29)25-14(2)15-7-5-4-6-8-15/h4-12,14H,1-3H3,(H,27,28)(H2,24,25,26,29). The molecule has 0 saturated heterocycles. The summed E-state index contributed by atoms with van der Waals surface area (Å²) in [4.78, 5) is 20.9. The first-order valence-electron chi connectivity index (χ1n) is 9.86. The highest BCUT2D eigenvalue weighted by Gasteiger charge is 2.24. The van der Waals surface area contributed by atoms with E-state index in [1.54, 1.807) is 12.3 Å². The van der Waals surface area contributed by atoms with E-state index in [9.17, 15) is 13.2 Å². The predicted octanol–water partition coefficient (Wildman–Crippen LogP) is 3.61. The molecule has 9 nitrogen and oxygen atoms in total. The summed E-state index contributed by atoms with van der Waals surface area (Å²) in [5, 5.41) is 13.0. The van der Waals surface area contributed by atoms with Crippen molar-refractivity contribution >= 4 is 32.6 Å². The van der Waals surface area contributed by atoms with Gasteiger partial charge in [-0.05, 0) is 31.5 Å². The maximum absolute atomic E-state index is 12.6. The summed E-state index contributed by atoms with van der Waals surface area (Å²) in [5.74, 6) is -0.0705. The van der Waals surface area contributed by atoms with Crippen molar-refractivity contribution in [2.45, 2.75) is 24.8 Å². The molecule has 0 radical (unpaired) electrons. The second kappa shape index (κ2) is 8.39. The molecule has 0 saturated carbocycles. The monoisotopic (exact) mass is 450 g/mol. The molecule has 0 spiro atoms. The van der Waals surface area contributed by atoms with E-state index in [-0.39, 0.29) is 22.3 Å². The zero-order chi connectivity index (χ0) is 22.9. The lowest BCUT2D eigenvalue weighted by Gasteiger charge is -2.16. The third-order valence-corrected chi connectivity index (χ3v) is 6.13. The fourth-order valence-corrected chi connectivity index (χ4v) is 4.47. The predicted molar refractivity (Wildman–Crippen MR) is 122 cm³/mol. The first-order valence-corrected chi connectivity index (χ1v) is 11.8. The van der Waals surface area contributed by atoms with E-state index in [0.29, 0.717) is 11.1 Å². The number of nitrogens with zero attached hydrogens (tertiary/aromatic N) is 3. The number of aromatic amines is 1. The molecular weight excluding hydrogens is 428 g/mol. The van der Waals surface area contributed by atoms with Crippen molar-refractivity contribution in [3.63, 3.8) is 0 Å². The first-order chi connectivity index (χ1) is 15.2. The molecule has 0 fully saturated rings. The van der Waals surface area contributed by atoms with Crippen molar-refractivity contribution in [3.8, 4) is 11.3 Å². The van der Waals surface area contributed by atoms with Crippen LogP contribution in [-0.2, 0) is 9.84 Å². The van der Waals surface area contributed by atoms with Crippen LogP contribution in [0.3, 0.4) is 0 Å². The molecule has 4 aromatic rings. The van der Waals surface area contributed by atoms with Crippen molar-refractivity contribution < 1.29 is 13.2 Å². The number of hydrogen-bond donors (Lipinski definition) is 3. The molecule has 0 bridgehead atoms. The number of fused-ring (bicyclic) bond motifs is 1. The second-order valence-corrected chi connectivity index (χ2v) is 9.44. The number of amides is 2. The lowest BCUT2D eigenvalue weighted by atomic mass is 10.1. The van der Waals surface area contributed by atoms with Gasteiger partial charge in [0.2, 0.25) is 0 Å². The molecule has 0 aliphatic carbocycles. The molecule has 0 aliphatic heterocycles. The minimum Gasteiger partial charge on any atom is -0.331 e. The summed E-state index contributed by atoms with van der Waals surface area (Å²) in [6.45, 7) is 3.69. The van der Waals surface area contributed by atoms with E-state index >= 15 is 0 Å². The molecule has 164 valence electrons. The summed E-state index contributed by atoms with van der Waals surface area (Å²) < 4.78 is 25.2. The van der Waals surface area contributed by atoms with Crippen LogP contribution in [0, 0.1) is 6.92 Å². The van der Waals surface area contributed by atoms with Crippen LogP contribution in [0.5, 0.6) is 0 Å². The van der Waals surface area contributed by atoms with Gasteiger partial charge < -0.3 is 5.32 Å². The Morgan fingerprint density at radius 2 is 1.88 bits per heavy atom. The average molecular weight is 451 g/mol. The van der Waals surface area contributed by atoms with Gasteiger partial charge in [0.05, 0.1) is 11.6 Å². The van der Waals surface area contributed by atoms with Crippen molar-refractivity contribution in [2.24, 2.45) is 0 Å². The topological polar surface area (TPSA) is 130 Å². The molecule has 1 aromatic carbocycles. The molecule has 0 aliphatic rings. The molecule has 3 heterocycles. The van der Waals surface area contributed by atoms with Crippen LogP contribution >= 0.6 is 0 Å². The fraction of sp³-hybridized carbons (Fsp3) is 0.182.